The summed E-state index contributed by atoms with van der Waals surface area (Å²) in [5.41, 5.74) is 5.80. The van der Waals surface area contributed by atoms with Gasteiger partial charge in [-0.2, -0.15) is 0 Å². The third-order valence-corrected chi connectivity index (χ3v) is 6.74. The van der Waals surface area contributed by atoms with Gasteiger partial charge < -0.3 is 9.15 Å². The van der Waals surface area contributed by atoms with E-state index in [0.29, 0.717) is 23.8 Å². The average Bonchev–Trinajstić information content (AvgIpc) is 3.39. The van der Waals surface area contributed by atoms with Gasteiger partial charge in [-0.15, -0.1) is 10.2 Å². The van der Waals surface area contributed by atoms with E-state index < -0.39 is 0 Å². The Morgan fingerprint density at radius 3 is 2.51 bits per heavy atom. The number of aromatic nitrogens is 3. The molecule has 4 aromatic rings. The molecule has 2 aromatic carbocycles. The fraction of sp³-hybridized carbons (Fsp3) is 0.310. The molecule has 0 N–H and O–H groups in total. The average molecular weight is 468 g/mol. The predicted octanol–water partition coefficient (Wildman–Crippen LogP) is 6.05. The molecule has 35 heavy (non-hydrogen) atoms. The largest absolute Gasteiger partial charge is 0.420 e. The van der Waals surface area contributed by atoms with Crippen LogP contribution in [0, 0.1) is 13.8 Å². The summed E-state index contributed by atoms with van der Waals surface area (Å²) < 4.78 is 11.4. The van der Waals surface area contributed by atoms with Crippen LogP contribution in [0.4, 0.5) is 0 Å². The van der Waals surface area contributed by atoms with Crippen LogP contribution in [0.15, 0.2) is 71.3 Å². The monoisotopic (exact) mass is 467 g/mol. The highest BCUT2D eigenvalue weighted by Gasteiger charge is 2.23. The van der Waals surface area contributed by atoms with Crippen molar-refractivity contribution < 1.29 is 13.9 Å². The molecule has 1 aliphatic rings. The van der Waals surface area contributed by atoms with Gasteiger partial charge in [-0.05, 0) is 67.6 Å². The van der Waals surface area contributed by atoms with Gasteiger partial charge in [-0.3, -0.25) is 9.78 Å². The maximum absolute atomic E-state index is 13.2. The van der Waals surface area contributed by atoms with Crippen LogP contribution >= 0.6 is 0 Å². The second kappa shape index (κ2) is 10.3. The lowest BCUT2D eigenvalue weighted by Gasteiger charge is -2.20. The summed E-state index contributed by atoms with van der Waals surface area (Å²) in [7, 11) is 0. The third kappa shape index (κ3) is 5.23. The van der Waals surface area contributed by atoms with E-state index in [4.69, 9.17) is 9.15 Å². The first-order chi connectivity index (χ1) is 17.1. The highest BCUT2D eigenvalue weighted by atomic mass is 16.5. The van der Waals surface area contributed by atoms with Crippen LogP contribution in [0.2, 0.25) is 0 Å². The molecular weight excluding hydrogens is 438 g/mol. The number of pyridine rings is 1. The number of nitrogens with zero attached hydrogens (tertiary/aromatic N) is 3. The van der Waals surface area contributed by atoms with Gasteiger partial charge in [-0.1, -0.05) is 36.4 Å². The van der Waals surface area contributed by atoms with Crippen molar-refractivity contribution in [3.8, 4) is 11.5 Å². The van der Waals surface area contributed by atoms with Crippen LogP contribution in [0.25, 0.3) is 11.5 Å². The maximum Gasteiger partial charge on any atom is 0.247 e. The molecule has 1 aliphatic heterocycles. The van der Waals surface area contributed by atoms with Crippen LogP contribution in [0.3, 0.4) is 0 Å². The molecule has 6 nitrogen and oxygen atoms in total. The number of carbonyl (C=O) groups is 1. The predicted molar refractivity (Wildman–Crippen MR) is 133 cm³/mol. The summed E-state index contributed by atoms with van der Waals surface area (Å²) in [5, 5.41) is 8.58. The van der Waals surface area contributed by atoms with E-state index in [1.807, 2.05) is 37.3 Å². The number of ketones is 1. The molecule has 0 radical (unpaired) electrons. The van der Waals surface area contributed by atoms with Crippen LogP contribution in [0.1, 0.15) is 69.7 Å². The fourth-order valence-corrected chi connectivity index (χ4v) is 4.73. The lowest BCUT2D eigenvalue weighted by Crippen LogP contribution is -2.14. The van der Waals surface area contributed by atoms with Crippen molar-refractivity contribution in [1.29, 1.82) is 0 Å². The van der Waals surface area contributed by atoms with E-state index in [1.54, 1.807) is 12.3 Å². The highest BCUT2D eigenvalue weighted by molar-refractivity contribution is 5.96. The second-order valence-corrected chi connectivity index (χ2v) is 9.18. The third-order valence-electron chi connectivity index (χ3n) is 6.74. The standard InChI is InChI=1S/C29H29N3O3/c1-19-5-3-4-6-25(19)26(18-27(33)24-11-14-30-20(2)17-24)21-7-9-22(10-8-21)28-31-32-29(35-28)23-12-15-34-16-13-23/h3-11,14,17,23,26H,12-13,15-16,18H2,1-2H3. The minimum Gasteiger partial charge on any atom is -0.420 e. The molecule has 0 bridgehead atoms. The van der Waals surface area contributed by atoms with E-state index in [-0.39, 0.29) is 17.6 Å². The van der Waals surface area contributed by atoms with E-state index in [9.17, 15) is 4.79 Å². The van der Waals surface area contributed by atoms with Crippen molar-refractivity contribution >= 4 is 5.78 Å². The van der Waals surface area contributed by atoms with Crippen molar-refractivity contribution in [2.24, 2.45) is 0 Å². The number of aryl methyl sites for hydroxylation is 2. The zero-order chi connectivity index (χ0) is 24.2. The lowest BCUT2D eigenvalue weighted by atomic mass is 9.83. The van der Waals surface area contributed by atoms with E-state index in [2.05, 4.69) is 46.4 Å². The first kappa shape index (κ1) is 23.1. The Balaban J connectivity index is 1.41. The van der Waals surface area contributed by atoms with Crippen LogP contribution in [-0.2, 0) is 4.74 Å². The zero-order valence-electron chi connectivity index (χ0n) is 20.1. The van der Waals surface area contributed by atoms with Gasteiger partial charge in [-0.25, -0.2) is 0 Å². The minimum atomic E-state index is -0.0632. The van der Waals surface area contributed by atoms with Gasteiger partial charge in [0, 0.05) is 54.5 Å². The summed E-state index contributed by atoms with van der Waals surface area (Å²) in [6.45, 7) is 5.46. The first-order valence-corrected chi connectivity index (χ1v) is 12.1. The molecule has 0 saturated carbocycles. The lowest BCUT2D eigenvalue weighted by molar-refractivity contribution is 0.0795. The van der Waals surface area contributed by atoms with Gasteiger partial charge in [0.2, 0.25) is 11.8 Å². The Hall–Kier alpha value is -3.64. The summed E-state index contributed by atoms with van der Waals surface area (Å²) in [6, 6.07) is 20.0. The van der Waals surface area contributed by atoms with Gasteiger partial charge in [0.15, 0.2) is 5.78 Å². The zero-order valence-corrected chi connectivity index (χ0v) is 20.1. The Morgan fingerprint density at radius 2 is 1.77 bits per heavy atom. The molecule has 6 heteroatoms. The fourth-order valence-electron chi connectivity index (χ4n) is 4.73. The van der Waals surface area contributed by atoms with Crippen molar-refractivity contribution in [1.82, 2.24) is 15.2 Å². The number of rotatable bonds is 7. The van der Waals surface area contributed by atoms with Gasteiger partial charge in [0.05, 0.1) is 0 Å². The van der Waals surface area contributed by atoms with Crippen LogP contribution in [-0.4, -0.2) is 34.2 Å². The van der Waals surface area contributed by atoms with Crippen molar-refractivity contribution in [3.63, 3.8) is 0 Å². The molecule has 0 amide bonds. The van der Waals surface area contributed by atoms with Gasteiger partial charge >= 0.3 is 0 Å². The molecule has 3 heterocycles. The summed E-state index contributed by atoms with van der Waals surface area (Å²) >= 11 is 0. The minimum absolute atomic E-state index is 0.0632. The summed E-state index contributed by atoms with van der Waals surface area (Å²) in [4.78, 5) is 17.5. The number of benzene rings is 2. The summed E-state index contributed by atoms with van der Waals surface area (Å²) in [6.07, 6.45) is 3.88. The van der Waals surface area contributed by atoms with Gasteiger partial charge in [0.25, 0.3) is 0 Å². The molecule has 0 aliphatic carbocycles. The van der Waals surface area contributed by atoms with Crippen molar-refractivity contribution in [2.45, 2.75) is 44.9 Å². The van der Waals surface area contributed by atoms with Crippen molar-refractivity contribution in [2.75, 3.05) is 13.2 Å². The number of hydrogen-bond acceptors (Lipinski definition) is 6. The van der Waals surface area contributed by atoms with Gasteiger partial charge in [0.1, 0.15) is 0 Å². The molecule has 1 atom stereocenters. The number of ether oxygens (including phenoxy) is 1. The summed E-state index contributed by atoms with van der Waals surface area (Å²) in [5.74, 6) is 1.51. The molecule has 178 valence electrons. The molecular formula is C29H29N3O3. The molecule has 1 fully saturated rings. The normalized spacial score (nSPS) is 15.1. The quantitative estimate of drug-likeness (QED) is 0.308. The second-order valence-electron chi connectivity index (χ2n) is 9.18. The van der Waals surface area contributed by atoms with E-state index in [0.717, 1.165) is 48.4 Å². The van der Waals surface area contributed by atoms with Crippen molar-refractivity contribution in [3.05, 3.63) is 101 Å². The highest BCUT2D eigenvalue weighted by Crippen LogP contribution is 2.34. The Morgan fingerprint density at radius 1 is 1.00 bits per heavy atom. The molecule has 5 rings (SSSR count). The van der Waals surface area contributed by atoms with E-state index >= 15 is 0 Å². The number of carbonyl (C=O) groups excluding carboxylic acids is 1. The molecule has 1 unspecified atom stereocenters. The molecule has 2 aromatic heterocycles. The van der Waals surface area contributed by atoms with E-state index in [1.165, 1.54) is 5.56 Å². The number of hydrogen-bond donors (Lipinski definition) is 0. The SMILES string of the molecule is Cc1cc(C(=O)CC(c2ccc(-c3nnc(C4CCOCC4)o3)cc2)c2ccccc2C)ccn1. The molecule has 0 spiro atoms. The maximum atomic E-state index is 13.2. The Kier molecular flexibility index (Phi) is 6.82. The van der Waals surface area contributed by atoms with Crippen LogP contribution < -0.4 is 0 Å². The Labute approximate surface area is 205 Å². The van der Waals surface area contributed by atoms with Crippen LogP contribution in [0.5, 0.6) is 0 Å². The Bertz CT molecular complexity index is 1310. The first-order valence-electron chi connectivity index (χ1n) is 12.1. The number of Topliss-reactive ketones (excluding diaryl/α,β-unsaturated/α-hetero) is 1. The smallest absolute Gasteiger partial charge is 0.247 e. The molecule has 1 saturated heterocycles. The topological polar surface area (TPSA) is 78.1 Å².